The minimum atomic E-state index is -1.29. The Hall–Kier alpha value is -1.42. The summed E-state index contributed by atoms with van der Waals surface area (Å²) in [6, 6.07) is 3.15. The first-order valence-corrected chi connectivity index (χ1v) is 4.47. The summed E-state index contributed by atoms with van der Waals surface area (Å²) in [4.78, 5) is 22.7. The Bertz CT molecular complexity index is 333. The van der Waals surface area contributed by atoms with E-state index in [0.29, 0.717) is 19.3 Å². The van der Waals surface area contributed by atoms with E-state index in [9.17, 15) is 9.59 Å². The molecule has 0 spiro atoms. The van der Waals surface area contributed by atoms with Gasteiger partial charge in [0, 0.05) is 6.61 Å². The first-order chi connectivity index (χ1) is 6.78. The molecule has 0 saturated carbocycles. The molecular weight excluding hydrogens is 184 g/mol. The van der Waals surface area contributed by atoms with Crippen LogP contribution in [0.4, 0.5) is 0 Å². The molecule has 0 N–H and O–H groups in total. The molecule has 0 bridgehead atoms. The number of ether oxygens (including phenoxy) is 1. The lowest BCUT2D eigenvalue weighted by Gasteiger charge is -2.17. The van der Waals surface area contributed by atoms with Crippen molar-refractivity contribution in [3.05, 3.63) is 24.2 Å². The van der Waals surface area contributed by atoms with Crippen LogP contribution in [0, 0.1) is 0 Å². The Balaban J connectivity index is 2.29. The lowest BCUT2D eigenvalue weighted by molar-refractivity contribution is -0.121. The Morgan fingerprint density at radius 2 is 2.43 bits per heavy atom. The summed E-state index contributed by atoms with van der Waals surface area (Å²) < 4.78 is 10.1. The zero-order valence-corrected chi connectivity index (χ0v) is 7.56. The average Bonchev–Trinajstić information content (AvgIpc) is 2.89. The molecule has 4 nitrogen and oxygen atoms in total. The Morgan fingerprint density at radius 3 is 2.93 bits per heavy atom. The maximum absolute atomic E-state index is 11.8. The van der Waals surface area contributed by atoms with Crippen molar-refractivity contribution >= 4 is 12.1 Å². The molecule has 0 aromatic carbocycles. The molecule has 1 aromatic heterocycles. The molecule has 4 heteroatoms. The van der Waals surface area contributed by atoms with Crippen molar-refractivity contribution < 1.29 is 18.7 Å². The van der Waals surface area contributed by atoms with E-state index >= 15 is 0 Å². The van der Waals surface area contributed by atoms with Gasteiger partial charge in [0.25, 0.3) is 0 Å². The highest BCUT2D eigenvalue weighted by Gasteiger charge is 2.44. The van der Waals surface area contributed by atoms with E-state index in [2.05, 4.69) is 0 Å². The van der Waals surface area contributed by atoms with Crippen LogP contribution < -0.4 is 0 Å². The highest BCUT2D eigenvalue weighted by molar-refractivity contribution is 6.10. The van der Waals surface area contributed by atoms with Crippen molar-refractivity contribution in [1.82, 2.24) is 0 Å². The van der Waals surface area contributed by atoms with Gasteiger partial charge < -0.3 is 9.15 Å². The summed E-state index contributed by atoms with van der Waals surface area (Å²) in [5.74, 6) is -0.200. The first-order valence-electron chi connectivity index (χ1n) is 4.47. The average molecular weight is 194 g/mol. The monoisotopic (exact) mass is 194 g/mol. The van der Waals surface area contributed by atoms with E-state index < -0.39 is 5.60 Å². The van der Waals surface area contributed by atoms with E-state index in [-0.39, 0.29) is 11.5 Å². The van der Waals surface area contributed by atoms with Crippen LogP contribution in [0.1, 0.15) is 23.4 Å². The maximum Gasteiger partial charge on any atom is 0.236 e. The molecule has 1 fully saturated rings. The third kappa shape index (κ3) is 1.28. The SMILES string of the molecule is O=CC1(C(=O)c2ccco2)CCCO1. The third-order valence-electron chi connectivity index (χ3n) is 2.37. The van der Waals surface area contributed by atoms with Gasteiger partial charge in [-0.25, -0.2) is 0 Å². The van der Waals surface area contributed by atoms with Crippen molar-refractivity contribution in [2.24, 2.45) is 0 Å². The van der Waals surface area contributed by atoms with Gasteiger partial charge in [0.15, 0.2) is 17.6 Å². The smallest absolute Gasteiger partial charge is 0.236 e. The summed E-state index contributed by atoms with van der Waals surface area (Å²) in [6.07, 6.45) is 3.15. The van der Waals surface area contributed by atoms with Crippen LogP contribution in [-0.2, 0) is 9.53 Å². The number of Topliss-reactive ketones (excluding diaryl/α,β-unsaturated/α-hetero) is 1. The summed E-state index contributed by atoms with van der Waals surface area (Å²) in [5, 5.41) is 0. The lowest BCUT2D eigenvalue weighted by atomic mass is 9.95. The zero-order chi connectivity index (χ0) is 10.0. The van der Waals surface area contributed by atoms with Gasteiger partial charge in [-0.15, -0.1) is 0 Å². The van der Waals surface area contributed by atoms with Crippen LogP contribution in [0.15, 0.2) is 22.8 Å². The molecule has 1 saturated heterocycles. The number of aldehydes is 1. The fourth-order valence-corrected chi connectivity index (χ4v) is 1.60. The third-order valence-corrected chi connectivity index (χ3v) is 2.37. The van der Waals surface area contributed by atoms with E-state index in [1.165, 1.54) is 12.3 Å². The molecule has 1 aliphatic heterocycles. The molecule has 0 amide bonds. The number of hydrogen-bond donors (Lipinski definition) is 0. The second-order valence-corrected chi connectivity index (χ2v) is 3.27. The molecule has 1 atom stereocenters. The fraction of sp³-hybridized carbons (Fsp3) is 0.400. The lowest BCUT2D eigenvalue weighted by Crippen LogP contribution is -2.39. The molecular formula is C10H10O4. The summed E-state index contributed by atoms with van der Waals surface area (Å²) in [6.45, 7) is 0.450. The van der Waals surface area contributed by atoms with Crippen LogP contribution in [0.5, 0.6) is 0 Å². The summed E-state index contributed by atoms with van der Waals surface area (Å²) in [5.41, 5.74) is -1.29. The van der Waals surface area contributed by atoms with Gasteiger partial charge in [-0.05, 0) is 25.0 Å². The van der Waals surface area contributed by atoms with Gasteiger partial charge in [-0.2, -0.15) is 0 Å². The number of ketones is 1. The number of hydrogen-bond acceptors (Lipinski definition) is 4. The molecule has 2 rings (SSSR count). The Kier molecular flexibility index (Phi) is 2.21. The van der Waals surface area contributed by atoms with E-state index in [0.717, 1.165) is 6.42 Å². The van der Waals surface area contributed by atoms with E-state index in [1.807, 2.05) is 0 Å². The van der Waals surface area contributed by atoms with Crippen LogP contribution in [-0.4, -0.2) is 24.3 Å². The second-order valence-electron chi connectivity index (χ2n) is 3.27. The van der Waals surface area contributed by atoms with Gasteiger partial charge in [-0.1, -0.05) is 0 Å². The quantitative estimate of drug-likeness (QED) is 0.412. The second kappa shape index (κ2) is 3.38. The predicted octanol–water partition coefficient (Wildman–Crippen LogP) is 1.21. The van der Waals surface area contributed by atoms with Crippen molar-refractivity contribution in [2.75, 3.05) is 6.61 Å². The number of rotatable bonds is 3. The van der Waals surface area contributed by atoms with Crippen molar-refractivity contribution in [1.29, 1.82) is 0 Å². The van der Waals surface area contributed by atoms with Crippen LogP contribution in [0.25, 0.3) is 0 Å². The van der Waals surface area contributed by atoms with Gasteiger partial charge >= 0.3 is 0 Å². The van der Waals surface area contributed by atoms with Gasteiger partial charge in [0.05, 0.1) is 6.26 Å². The Morgan fingerprint density at radius 1 is 1.57 bits per heavy atom. The number of furan rings is 1. The normalized spacial score (nSPS) is 26.3. The predicted molar refractivity (Wildman–Crippen MR) is 47.0 cm³/mol. The van der Waals surface area contributed by atoms with Crippen LogP contribution >= 0.6 is 0 Å². The number of carbonyl (C=O) groups excluding carboxylic acids is 2. The minimum absolute atomic E-state index is 0.180. The topological polar surface area (TPSA) is 56.5 Å². The number of carbonyl (C=O) groups is 2. The standard InChI is InChI=1S/C10H10O4/c11-7-10(4-2-6-14-10)9(12)8-3-1-5-13-8/h1,3,5,7H,2,4,6H2. The molecule has 1 unspecified atom stereocenters. The van der Waals surface area contributed by atoms with Gasteiger partial charge in [0.1, 0.15) is 0 Å². The largest absolute Gasteiger partial charge is 0.461 e. The highest BCUT2D eigenvalue weighted by atomic mass is 16.5. The van der Waals surface area contributed by atoms with Crippen molar-refractivity contribution in [3.63, 3.8) is 0 Å². The van der Waals surface area contributed by atoms with Gasteiger partial charge in [0.2, 0.25) is 5.78 Å². The molecule has 0 radical (unpaired) electrons. The van der Waals surface area contributed by atoms with E-state index in [4.69, 9.17) is 9.15 Å². The zero-order valence-electron chi connectivity index (χ0n) is 7.56. The molecule has 2 heterocycles. The maximum atomic E-state index is 11.8. The van der Waals surface area contributed by atoms with Crippen molar-refractivity contribution in [3.8, 4) is 0 Å². The van der Waals surface area contributed by atoms with Crippen LogP contribution in [0.2, 0.25) is 0 Å². The molecule has 14 heavy (non-hydrogen) atoms. The minimum Gasteiger partial charge on any atom is -0.461 e. The van der Waals surface area contributed by atoms with Crippen molar-refractivity contribution in [2.45, 2.75) is 18.4 Å². The highest BCUT2D eigenvalue weighted by Crippen LogP contribution is 2.27. The molecule has 1 aromatic rings. The first kappa shape index (κ1) is 9.15. The van der Waals surface area contributed by atoms with Crippen LogP contribution in [0.3, 0.4) is 0 Å². The molecule has 1 aliphatic rings. The molecule has 74 valence electrons. The summed E-state index contributed by atoms with van der Waals surface area (Å²) >= 11 is 0. The fourth-order valence-electron chi connectivity index (χ4n) is 1.60. The molecule has 0 aliphatic carbocycles. The summed E-state index contributed by atoms with van der Waals surface area (Å²) in [7, 11) is 0. The van der Waals surface area contributed by atoms with Gasteiger partial charge in [-0.3, -0.25) is 9.59 Å². The van der Waals surface area contributed by atoms with E-state index in [1.54, 1.807) is 6.07 Å². The Labute approximate surface area is 80.8 Å².